The highest BCUT2D eigenvalue weighted by Crippen LogP contribution is 2.29. The van der Waals surface area contributed by atoms with Gasteiger partial charge in [-0.15, -0.1) is 0 Å². The lowest BCUT2D eigenvalue weighted by atomic mass is 10.1. The second-order valence-electron chi connectivity index (χ2n) is 9.28. The fourth-order valence-corrected chi connectivity index (χ4v) is 5.86. The number of hydrogen-bond donors (Lipinski definition) is 1. The van der Waals surface area contributed by atoms with Crippen molar-refractivity contribution in [1.29, 1.82) is 0 Å². The van der Waals surface area contributed by atoms with Gasteiger partial charge in [0.05, 0.1) is 16.7 Å². The summed E-state index contributed by atoms with van der Waals surface area (Å²) < 4.78 is 41.9. The summed E-state index contributed by atoms with van der Waals surface area (Å²) in [5.74, 6) is 0.153. The zero-order valence-corrected chi connectivity index (χ0v) is 20.3. The number of anilines is 1. The number of β-amino-alcohol motifs (C(OH)–C–C–N with tert-alkyl or cyclic N) is 1. The molecule has 2 aromatic rings. The van der Waals surface area contributed by atoms with Crippen LogP contribution in [-0.4, -0.2) is 50.8 Å². The Morgan fingerprint density at radius 2 is 1.72 bits per heavy atom. The van der Waals surface area contributed by atoms with Crippen molar-refractivity contribution in [1.82, 2.24) is 4.90 Å². The summed E-state index contributed by atoms with van der Waals surface area (Å²) in [5, 5.41) is 10.6. The van der Waals surface area contributed by atoms with Crippen LogP contribution >= 0.6 is 0 Å². The van der Waals surface area contributed by atoms with E-state index in [1.165, 1.54) is 4.31 Å². The first-order chi connectivity index (χ1) is 15.1. The van der Waals surface area contributed by atoms with Crippen molar-refractivity contribution < 1.29 is 17.9 Å². The van der Waals surface area contributed by atoms with Crippen molar-refractivity contribution in [2.24, 2.45) is 5.92 Å². The van der Waals surface area contributed by atoms with Crippen LogP contribution in [-0.2, 0) is 10.0 Å². The number of aryl methyl sites for hydroxylation is 2. The van der Waals surface area contributed by atoms with Gasteiger partial charge in [0.2, 0.25) is 0 Å². The minimum absolute atomic E-state index is 0.153. The molecule has 1 atom stereocenters. The van der Waals surface area contributed by atoms with Gasteiger partial charge < -0.3 is 10.0 Å². The van der Waals surface area contributed by atoms with Gasteiger partial charge in [-0.2, -0.15) is 0 Å². The number of nitrogens with zero attached hydrogens (tertiary/aromatic N) is 2. The summed E-state index contributed by atoms with van der Waals surface area (Å²) >= 11 is 0. The van der Waals surface area contributed by atoms with Crippen molar-refractivity contribution in [3.63, 3.8) is 0 Å². The predicted octanol–water partition coefficient (Wildman–Crippen LogP) is 4.62. The quantitative estimate of drug-likeness (QED) is 0.622. The van der Waals surface area contributed by atoms with E-state index >= 15 is 0 Å². The lowest BCUT2D eigenvalue weighted by Gasteiger charge is -2.30. The topological polar surface area (TPSA) is 60.9 Å². The number of hydrogen-bond acceptors (Lipinski definition) is 4. The Balaban J connectivity index is 1.81. The van der Waals surface area contributed by atoms with Crippen LogP contribution in [0.4, 0.5) is 10.1 Å². The highest BCUT2D eigenvalue weighted by Gasteiger charge is 2.27. The van der Waals surface area contributed by atoms with E-state index in [0.29, 0.717) is 50.3 Å². The number of aliphatic hydroxyl groups is 1. The molecule has 1 unspecified atom stereocenters. The standard InChI is InChI=1S/C25H35FN2O3S/c1-18(2)16-28(24-10-5-19(3)15-20(24)4)32(30,31)23-8-6-21(7-9-23)25(29)17-27-13-11-22(26)12-14-27/h5-10,15,18,22,25,29H,11-14,16-17H2,1-4H3. The third-order valence-electron chi connectivity index (χ3n) is 5.95. The molecule has 1 heterocycles. The zero-order chi connectivity index (χ0) is 23.5. The largest absolute Gasteiger partial charge is 0.387 e. The molecular formula is C25H35FN2O3S. The zero-order valence-electron chi connectivity index (χ0n) is 19.5. The summed E-state index contributed by atoms with van der Waals surface area (Å²) in [4.78, 5) is 2.25. The Kier molecular flexibility index (Phi) is 7.96. The van der Waals surface area contributed by atoms with Gasteiger partial charge in [0, 0.05) is 26.2 Å². The summed E-state index contributed by atoms with van der Waals surface area (Å²) in [6, 6.07) is 12.3. The number of benzene rings is 2. The van der Waals surface area contributed by atoms with Crippen molar-refractivity contribution >= 4 is 15.7 Å². The molecule has 0 spiro atoms. The van der Waals surface area contributed by atoms with Crippen molar-refractivity contribution in [3.05, 3.63) is 59.2 Å². The summed E-state index contributed by atoms with van der Waals surface area (Å²) in [6.07, 6.45) is -0.505. The number of likely N-dealkylation sites (tertiary alicyclic amines) is 1. The minimum Gasteiger partial charge on any atom is -0.387 e. The maximum absolute atomic E-state index is 13.6. The fourth-order valence-electron chi connectivity index (χ4n) is 4.17. The molecular weight excluding hydrogens is 427 g/mol. The van der Waals surface area contributed by atoms with E-state index in [1.54, 1.807) is 24.3 Å². The second-order valence-corrected chi connectivity index (χ2v) is 11.1. The normalized spacial score (nSPS) is 17.0. The lowest BCUT2D eigenvalue weighted by Crippen LogP contribution is -2.37. The van der Waals surface area contributed by atoms with Gasteiger partial charge in [0.25, 0.3) is 10.0 Å². The second kappa shape index (κ2) is 10.3. The third kappa shape index (κ3) is 5.88. The lowest BCUT2D eigenvalue weighted by molar-refractivity contribution is 0.0806. The highest BCUT2D eigenvalue weighted by atomic mass is 32.2. The summed E-state index contributed by atoms with van der Waals surface area (Å²) in [5.41, 5.74) is 3.35. The first-order valence-corrected chi connectivity index (χ1v) is 12.8. The number of aliphatic hydroxyl groups excluding tert-OH is 1. The smallest absolute Gasteiger partial charge is 0.264 e. The SMILES string of the molecule is Cc1ccc(N(CC(C)C)S(=O)(=O)c2ccc(C(O)CN3CCC(F)CC3)cc2)c(C)c1. The highest BCUT2D eigenvalue weighted by molar-refractivity contribution is 7.92. The van der Waals surface area contributed by atoms with Crippen LogP contribution in [0.25, 0.3) is 0 Å². The molecule has 3 rings (SSSR count). The Morgan fingerprint density at radius 3 is 2.28 bits per heavy atom. The monoisotopic (exact) mass is 462 g/mol. The van der Waals surface area contributed by atoms with Gasteiger partial charge in [-0.05, 0) is 61.9 Å². The van der Waals surface area contributed by atoms with Gasteiger partial charge in [-0.1, -0.05) is 43.7 Å². The van der Waals surface area contributed by atoms with Crippen LogP contribution in [0.2, 0.25) is 0 Å². The molecule has 0 aromatic heterocycles. The molecule has 1 aliphatic rings. The van der Waals surface area contributed by atoms with Crippen molar-refractivity contribution in [3.8, 4) is 0 Å². The summed E-state index contributed by atoms with van der Waals surface area (Å²) in [7, 11) is -3.76. The van der Waals surface area contributed by atoms with Crippen LogP contribution in [0.3, 0.4) is 0 Å². The fraction of sp³-hybridized carbons (Fsp3) is 0.520. The molecule has 176 valence electrons. The molecule has 7 heteroatoms. The van der Waals surface area contributed by atoms with E-state index in [9.17, 15) is 17.9 Å². The predicted molar refractivity (Wildman–Crippen MR) is 127 cm³/mol. The van der Waals surface area contributed by atoms with Gasteiger partial charge in [0.1, 0.15) is 6.17 Å². The van der Waals surface area contributed by atoms with Crippen molar-refractivity contribution in [2.75, 3.05) is 30.5 Å². The maximum Gasteiger partial charge on any atom is 0.264 e. The van der Waals surface area contributed by atoms with E-state index in [4.69, 9.17) is 0 Å². The molecule has 0 amide bonds. The van der Waals surface area contributed by atoms with E-state index in [1.807, 2.05) is 45.9 Å². The molecule has 2 aromatic carbocycles. The van der Waals surface area contributed by atoms with Crippen LogP contribution in [0.15, 0.2) is 47.4 Å². The molecule has 1 saturated heterocycles. The van der Waals surface area contributed by atoms with Gasteiger partial charge in [-0.25, -0.2) is 12.8 Å². The maximum atomic E-state index is 13.6. The van der Waals surface area contributed by atoms with Gasteiger partial charge in [-0.3, -0.25) is 4.31 Å². The molecule has 1 N–H and O–H groups in total. The van der Waals surface area contributed by atoms with Crippen LogP contribution in [0, 0.1) is 19.8 Å². The average Bonchev–Trinajstić information content (AvgIpc) is 2.74. The first-order valence-electron chi connectivity index (χ1n) is 11.3. The Labute approximate surface area is 191 Å². The number of rotatable bonds is 8. The number of piperidine rings is 1. The molecule has 0 bridgehead atoms. The molecule has 0 radical (unpaired) electrons. The van der Waals surface area contributed by atoms with E-state index in [-0.39, 0.29) is 10.8 Å². The van der Waals surface area contributed by atoms with E-state index in [2.05, 4.69) is 4.90 Å². The van der Waals surface area contributed by atoms with Crippen LogP contribution in [0.1, 0.15) is 49.5 Å². The minimum atomic E-state index is -3.76. The average molecular weight is 463 g/mol. The molecule has 32 heavy (non-hydrogen) atoms. The molecule has 1 fully saturated rings. The number of halogens is 1. The van der Waals surface area contributed by atoms with Crippen LogP contribution < -0.4 is 4.31 Å². The number of sulfonamides is 1. The van der Waals surface area contributed by atoms with Gasteiger partial charge >= 0.3 is 0 Å². The summed E-state index contributed by atoms with van der Waals surface area (Å²) in [6.45, 7) is 9.96. The Bertz CT molecular complexity index is 1000. The molecule has 1 aliphatic heterocycles. The first kappa shape index (κ1) is 24.7. The molecule has 0 aliphatic carbocycles. The Hall–Kier alpha value is -1.96. The molecule has 5 nitrogen and oxygen atoms in total. The van der Waals surface area contributed by atoms with E-state index < -0.39 is 22.3 Å². The van der Waals surface area contributed by atoms with Crippen molar-refractivity contribution in [2.45, 2.75) is 57.7 Å². The Morgan fingerprint density at radius 1 is 1.09 bits per heavy atom. The van der Waals surface area contributed by atoms with Crippen LogP contribution in [0.5, 0.6) is 0 Å². The van der Waals surface area contributed by atoms with E-state index in [0.717, 1.165) is 11.1 Å². The number of alkyl halides is 1. The van der Waals surface area contributed by atoms with Gasteiger partial charge in [0.15, 0.2) is 0 Å². The third-order valence-corrected chi connectivity index (χ3v) is 7.75. The molecule has 0 saturated carbocycles.